The third-order valence-corrected chi connectivity index (χ3v) is 8.63. The SMILES string of the molecule is Nc1ccc(F)cc1OCCNC(=O)[C@@H]1Cc2ccccc2N1S(=O)(=O)c1ccc(-c2cccc(C(F)(F)F)c2)cc1. The number of carbonyl (C=O) groups excluding carboxylic acids is 1. The van der Waals surface area contributed by atoms with Crippen LogP contribution in [0.25, 0.3) is 11.1 Å². The number of benzene rings is 4. The van der Waals surface area contributed by atoms with Crippen LogP contribution >= 0.6 is 0 Å². The van der Waals surface area contributed by atoms with Crippen molar-refractivity contribution in [3.05, 3.63) is 108 Å². The Morgan fingerprint density at radius 3 is 2.43 bits per heavy atom. The van der Waals surface area contributed by atoms with Gasteiger partial charge in [-0.1, -0.05) is 42.5 Å². The Morgan fingerprint density at radius 2 is 1.69 bits per heavy atom. The molecule has 0 aliphatic carbocycles. The normalized spacial score (nSPS) is 14.9. The highest BCUT2D eigenvalue weighted by molar-refractivity contribution is 7.93. The average molecular weight is 600 g/mol. The Balaban J connectivity index is 1.35. The Morgan fingerprint density at radius 1 is 0.952 bits per heavy atom. The first-order valence-electron chi connectivity index (χ1n) is 12.8. The molecule has 0 aromatic heterocycles. The molecule has 7 nitrogen and oxygen atoms in total. The van der Waals surface area contributed by atoms with Crippen molar-refractivity contribution < 1.29 is 35.5 Å². The maximum atomic E-state index is 13.9. The molecule has 5 rings (SSSR count). The molecule has 1 atom stereocenters. The molecule has 0 radical (unpaired) electrons. The quantitative estimate of drug-likeness (QED) is 0.160. The number of rotatable bonds is 8. The zero-order valence-corrected chi connectivity index (χ0v) is 22.8. The maximum Gasteiger partial charge on any atom is 0.416 e. The van der Waals surface area contributed by atoms with Crippen LogP contribution in [0.5, 0.6) is 5.75 Å². The van der Waals surface area contributed by atoms with Crippen molar-refractivity contribution in [2.45, 2.75) is 23.5 Å². The van der Waals surface area contributed by atoms with E-state index >= 15 is 0 Å². The van der Waals surface area contributed by atoms with E-state index in [2.05, 4.69) is 5.32 Å². The molecule has 12 heteroatoms. The zero-order chi connectivity index (χ0) is 30.1. The summed E-state index contributed by atoms with van der Waals surface area (Å²) in [6, 6.07) is 19.5. The van der Waals surface area contributed by atoms with Crippen LogP contribution in [0.4, 0.5) is 28.9 Å². The topological polar surface area (TPSA) is 102 Å². The van der Waals surface area contributed by atoms with Crippen molar-refractivity contribution in [3.63, 3.8) is 0 Å². The first kappa shape index (κ1) is 28.9. The molecule has 4 aromatic rings. The van der Waals surface area contributed by atoms with E-state index in [1.807, 2.05) is 0 Å². The molecule has 0 fully saturated rings. The van der Waals surface area contributed by atoms with E-state index < -0.39 is 39.5 Å². The number of fused-ring (bicyclic) bond motifs is 1. The molecule has 1 aliphatic rings. The van der Waals surface area contributed by atoms with Crippen molar-refractivity contribution in [1.82, 2.24) is 5.32 Å². The summed E-state index contributed by atoms with van der Waals surface area (Å²) in [6.07, 6.45) is -4.39. The van der Waals surface area contributed by atoms with Gasteiger partial charge in [-0.25, -0.2) is 12.8 Å². The number of nitrogen functional groups attached to an aromatic ring is 1. The van der Waals surface area contributed by atoms with Gasteiger partial charge in [0.05, 0.1) is 28.4 Å². The van der Waals surface area contributed by atoms with Gasteiger partial charge in [-0.2, -0.15) is 13.2 Å². The number of hydrogen-bond donors (Lipinski definition) is 2. The van der Waals surface area contributed by atoms with Crippen molar-refractivity contribution in [3.8, 4) is 16.9 Å². The predicted molar refractivity (Wildman–Crippen MR) is 150 cm³/mol. The number of nitrogens with zero attached hydrogens (tertiary/aromatic N) is 1. The van der Waals surface area contributed by atoms with E-state index in [1.54, 1.807) is 24.3 Å². The second-order valence-corrected chi connectivity index (χ2v) is 11.4. The predicted octanol–water partition coefficient (Wildman–Crippen LogP) is 5.41. The van der Waals surface area contributed by atoms with E-state index in [4.69, 9.17) is 10.5 Å². The van der Waals surface area contributed by atoms with Gasteiger partial charge >= 0.3 is 6.18 Å². The van der Waals surface area contributed by atoms with Gasteiger partial charge in [-0.05, 0) is 59.2 Å². The molecule has 0 saturated heterocycles. The Labute approximate surface area is 239 Å². The van der Waals surface area contributed by atoms with E-state index in [0.717, 1.165) is 22.5 Å². The summed E-state index contributed by atoms with van der Waals surface area (Å²) in [5.74, 6) is -0.975. The molecule has 3 N–H and O–H groups in total. The van der Waals surface area contributed by atoms with Gasteiger partial charge in [0.2, 0.25) is 5.91 Å². The maximum absolute atomic E-state index is 13.9. The minimum atomic E-state index is -4.52. The number of ether oxygens (including phenoxy) is 1. The first-order chi connectivity index (χ1) is 19.9. The molecule has 4 aromatic carbocycles. The molecule has 0 unspecified atom stereocenters. The third kappa shape index (κ3) is 5.89. The van der Waals surface area contributed by atoms with Crippen LogP contribution in [0, 0.1) is 5.82 Å². The van der Waals surface area contributed by atoms with Crippen LogP contribution in [0.15, 0.2) is 95.9 Å². The number of para-hydroxylation sites is 1. The summed E-state index contributed by atoms with van der Waals surface area (Å²) < 4.78 is 87.2. The number of carbonyl (C=O) groups is 1. The number of amides is 1. The Kier molecular flexibility index (Phi) is 7.83. The lowest BCUT2D eigenvalue weighted by Gasteiger charge is -2.26. The van der Waals surface area contributed by atoms with Gasteiger partial charge in [-0.3, -0.25) is 9.10 Å². The van der Waals surface area contributed by atoms with Crippen LogP contribution < -0.4 is 20.1 Å². The molecule has 1 heterocycles. The van der Waals surface area contributed by atoms with Gasteiger partial charge in [0.1, 0.15) is 24.2 Å². The van der Waals surface area contributed by atoms with Crippen LogP contribution in [0.2, 0.25) is 0 Å². The second kappa shape index (κ2) is 11.4. The lowest BCUT2D eigenvalue weighted by atomic mass is 10.0. The van der Waals surface area contributed by atoms with Gasteiger partial charge < -0.3 is 15.8 Å². The summed E-state index contributed by atoms with van der Waals surface area (Å²) in [5.41, 5.74) is 6.87. The van der Waals surface area contributed by atoms with Crippen LogP contribution in [-0.4, -0.2) is 33.5 Å². The third-order valence-electron chi connectivity index (χ3n) is 6.80. The fourth-order valence-electron chi connectivity index (χ4n) is 4.75. The summed E-state index contributed by atoms with van der Waals surface area (Å²) in [5, 5.41) is 2.67. The van der Waals surface area contributed by atoms with Gasteiger partial charge in [0, 0.05) is 12.5 Å². The Bertz CT molecular complexity index is 1730. The van der Waals surface area contributed by atoms with Crippen molar-refractivity contribution in [2.75, 3.05) is 23.2 Å². The number of sulfonamides is 1. The number of hydrogen-bond acceptors (Lipinski definition) is 5. The molecule has 1 amide bonds. The molecular weight excluding hydrogens is 574 g/mol. The zero-order valence-electron chi connectivity index (χ0n) is 21.9. The molecule has 0 bridgehead atoms. The minimum absolute atomic E-state index is 0.00120. The number of nitrogens with one attached hydrogen (secondary N) is 1. The molecule has 218 valence electrons. The fraction of sp³-hybridized carbons (Fsp3) is 0.167. The summed E-state index contributed by atoms with van der Waals surface area (Å²) >= 11 is 0. The van der Waals surface area contributed by atoms with Crippen molar-refractivity contribution in [1.29, 1.82) is 0 Å². The van der Waals surface area contributed by atoms with Crippen LogP contribution in [0.3, 0.4) is 0 Å². The molecular formula is C30H25F4N3O4S. The lowest BCUT2D eigenvalue weighted by molar-refractivity contribution is -0.137. The molecule has 1 aliphatic heterocycles. The van der Waals surface area contributed by atoms with E-state index in [0.29, 0.717) is 16.8 Å². The van der Waals surface area contributed by atoms with Crippen molar-refractivity contribution >= 4 is 27.3 Å². The van der Waals surface area contributed by atoms with Crippen LogP contribution in [-0.2, 0) is 27.4 Å². The van der Waals surface area contributed by atoms with Crippen molar-refractivity contribution in [2.24, 2.45) is 0 Å². The van der Waals surface area contributed by atoms with Gasteiger partial charge in [0.15, 0.2) is 0 Å². The molecule has 42 heavy (non-hydrogen) atoms. The molecule has 0 saturated carbocycles. The number of alkyl halides is 3. The van der Waals surface area contributed by atoms with E-state index in [1.165, 1.54) is 48.5 Å². The summed E-state index contributed by atoms with van der Waals surface area (Å²) in [6.45, 7) is -0.0377. The second-order valence-electron chi connectivity index (χ2n) is 9.57. The number of anilines is 2. The number of halogens is 4. The minimum Gasteiger partial charge on any atom is -0.489 e. The molecule has 0 spiro atoms. The average Bonchev–Trinajstić information content (AvgIpc) is 3.37. The smallest absolute Gasteiger partial charge is 0.416 e. The Hall–Kier alpha value is -4.58. The standard InChI is InChI=1S/C30H25F4N3O4S/c31-23-10-13-25(35)28(18-23)41-15-14-36-29(38)27-17-21-4-1-2-7-26(21)37(27)42(39,40)24-11-8-19(9-12-24)20-5-3-6-22(16-20)30(32,33)34/h1-13,16,18,27H,14-15,17,35H2,(H,36,38)/t27-/m0/s1. The monoisotopic (exact) mass is 599 g/mol. The largest absolute Gasteiger partial charge is 0.489 e. The van der Waals surface area contributed by atoms with E-state index in [9.17, 15) is 30.8 Å². The van der Waals surface area contributed by atoms with Crippen LogP contribution in [0.1, 0.15) is 11.1 Å². The number of nitrogens with two attached hydrogens (primary N) is 1. The highest BCUT2D eigenvalue weighted by Gasteiger charge is 2.42. The lowest BCUT2D eigenvalue weighted by Crippen LogP contribution is -2.48. The fourth-order valence-corrected chi connectivity index (χ4v) is 6.40. The summed E-state index contributed by atoms with van der Waals surface area (Å²) in [7, 11) is -4.26. The highest BCUT2D eigenvalue weighted by Crippen LogP contribution is 2.38. The first-order valence-corrected chi connectivity index (χ1v) is 14.2. The van der Waals surface area contributed by atoms with E-state index in [-0.39, 0.29) is 41.5 Å². The van der Waals surface area contributed by atoms with Gasteiger partial charge in [0.25, 0.3) is 10.0 Å². The van der Waals surface area contributed by atoms with Gasteiger partial charge in [-0.15, -0.1) is 0 Å². The summed E-state index contributed by atoms with van der Waals surface area (Å²) in [4.78, 5) is 13.1. The highest BCUT2D eigenvalue weighted by atomic mass is 32.2.